The Labute approximate surface area is 180 Å². The zero-order chi connectivity index (χ0) is 22.2. The van der Waals surface area contributed by atoms with Crippen LogP contribution >= 0.6 is 0 Å². The number of aliphatic hydroxyl groups is 1. The van der Waals surface area contributed by atoms with Crippen molar-refractivity contribution in [2.75, 3.05) is 32.5 Å². The number of hydrogen-bond acceptors (Lipinski definition) is 8. The Kier molecular flexibility index (Phi) is 7.96. The van der Waals surface area contributed by atoms with Gasteiger partial charge in [0.05, 0.1) is 11.9 Å². The van der Waals surface area contributed by atoms with Crippen LogP contribution in [0.2, 0.25) is 0 Å². The van der Waals surface area contributed by atoms with Crippen LogP contribution < -0.4 is 20.5 Å². The Morgan fingerprint density at radius 3 is 2.87 bits per heavy atom. The quantitative estimate of drug-likeness (QED) is 0.372. The highest BCUT2D eigenvalue weighted by molar-refractivity contribution is 5.59. The molecule has 0 aliphatic carbocycles. The van der Waals surface area contributed by atoms with E-state index in [1.54, 1.807) is 22.8 Å². The van der Waals surface area contributed by atoms with Crippen LogP contribution in [0, 0.1) is 5.82 Å². The van der Waals surface area contributed by atoms with Crippen molar-refractivity contribution in [1.29, 1.82) is 0 Å². The maximum Gasteiger partial charge on any atom is 0.336 e. The smallest absolute Gasteiger partial charge is 0.336 e. The molecule has 168 valence electrons. The lowest BCUT2D eigenvalue weighted by atomic mass is 10.1. The van der Waals surface area contributed by atoms with Crippen molar-refractivity contribution in [1.82, 2.24) is 24.9 Å². The maximum absolute atomic E-state index is 14.4. The molecule has 0 aliphatic rings. The molecule has 3 aromatic rings. The van der Waals surface area contributed by atoms with Gasteiger partial charge >= 0.3 is 6.01 Å². The molecule has 4 N–H and O–H groups in total. The molecular weight excluding hydrogens is 403 g/mol. The van der Waals surface area contributed by atoms with Gasteiger partial charge in [-0.05, 0) is 31.2 Å². The fourth-order valence-electron chi connectivity index (χ4n) is 3.22. The largest absolute Gasteiger partial charge is 0.489 e. The first kappa shape index (κ1) is 22.7. The van der Waals surface area contributed by atoms with Crippen LogP contribution in [0.4, 0.5) is 10.2 Å². The summed E-state index contributed by atoms with van der Waals surface area (Å²) >= 11 is 0. The van der Waals surface area contributed by atoms with E-state index in [4.69, 9.17) is 15.2 Å². The second-order valence-corrected chi connectivity index (χ2v) is 7.20. The number of benzene rings is 1. The van der Waals surface area contributed by atoms with E-state index in [1.807, 2.05) is 14.0 Å². The number of aliphatic hydroxyl groups excluding tert-OH is 1. The van der Waals surface area contributed by atoms with Gasteiger partial charge in [0.1, 0.15) is 12.7 Å². The number of nitrogens with zero attached hydrogens (tertiary/aromatic N) is 4. The molecule has 1 aromatic carbocycles. The van der Waals surface area contributed by atoms with Crippen LogP contribution in [0.5, 0.6) is 11.8 Å². The minimum Gasteiger partial charge on any atom is -0.489 e. The summed E-state index contributed by atoms with van der Waals surface area (Å²) in [5.74, 6) is -0.0211. The molecule has 0 spiro atoms. The molecule has 2 aromatic heterocycles. The number of nitrogen functional groups attached to an aromatic ring is 1. The molecule has 0 fully saturated rings. The van der Waals surface area contributed by atoms with E-state index in [1.165, 1.54) is 6.07 Å². The SMILES string of the molecule is CCCC(CCO)Oc1nc(N)c2ncc(Cc3ccc(OCCNC)c(F)c3)n2n1. The van der Waals surface area contributed by atoms with Gasteiger partial charge in [-0.25, -0.2) is 13.9 Å². The zero-order valence-corrected chi connectivity index (χ0v) is 17.8. The Hall–Kier alpha value is -2.98. The lowest BCUT2D eigenvalue weighted by Crippen LogP contribution is -2.20. The molecule has 0 saturated carbocycles. The van der Waals surface area contributed by atoms with Gasteiger partial charge in [0, 0.05) is 26.0 Å². The summed E-state index contributed by atoms with van der Waals surface area (Å²) in [7, 11) is 1.81. The van der Waals surface area contributed by atoms with E-state index >= 15 is 0 Å². The third-order valence-electron chi connectivity index (χ3n) is 4.76. The lowest BCUT2D eigenvalue weighted by molar-refractivity contribution is 0.133. The summed E-state index contributed by atoms with van der Waals surface area (Å²) in [6.45, 7) is 3.06. The highest BCUT2D eigenvalue weighted by Gasteiger charge is 2.16. The topological polar surface area (TPSA) is 120 Å². The number of halogens is 1. The lowest BCUT2D eigenvalue weighted by Gasteiger charge is -2.16. The van der Waals surface area contributed by atoms with E-state index in [9.17, 15) is 9.50 Å². The molecule has 1 unspecified atom stereocenters. The van der Waals surface area contributed by atoms with Crippen LogP contribution in [-0.2, 0) is 6.42 Å². The summed E-state index contributed by atoms with van der Waals surface area (Å²) in [4.78, 5) is 8.47. The van der Waals surface area contributed by atoms with Crippen LogP contribution in [-0.4, -0.2) is 57.6 Å². The van der Waals surface area contributed by atoms with Gasteiger partial charge in [-0.15, -0.1) is 5.10 Å². The molecule has 10 heteroatoms. The second-order valence-electron chi connectivity index (χ2n) is 7.20. The zero-order valence-electron chi connectivity index (χ0n) is 17.8. The molecule has 3 rings (SSSR count). The number of imidazole rings is 1. The van der Waals surface area contributed by atoms with E-state index in [2.05, 4.69) is 20.4 Å². The highest BCUT2D eigenvalue weighted by Crippen LogP contribution is 2.22. The van der Waals surface area contributed by atoms with Gasteiger partial charge in [-0.3, -0.25) is 0 Å². The standard InChI is InChI=1S/C21H29FN6O3/c1-3-4-16(7-9-29)31-21-26-19(23)20-25-13-15(28(20)27-21)11-14-5-6-18(17(22)12-14)30-10-8-24-2/h5-6,12-13,16,24,29H,3-4,7-11H2,1-2H3,(H2,23,26,27). The number of nitrogens with two attached hydrogens (primary N) is 1. The van der Waals surface area contributed by atoms with Gasteiger partial charge in [-0.2, -0.15) is 4.98 Å². The Morgan fingerprint density at radius 1 is 1.32 bits per heavy atom. The molecule has 2 heterocycles. The molecule has 0 aliphatic heterocycles. The summed E-state index contributed by atoms with van der Waals surface area (Å²) in [5, 5.41) is 16.6. The van der Waals surface area contributed by atoms with Crippen molar-refractivity contribution < 1.29 is 19.0 Å². The fourth-order valence-corrected chi connectivity index (χ4v) is 3.22. The molecule has 0 bridgehead atoms. The first-order valence-corrected chi connectivity index (χ1v) is 10.4. The molecule has 0 amide bonds. The van der Waals surface area contributed by atoms with Gasteiger partial charge < -0.3 is 25.6 Å². The number of fused-ring (bicyclic) bond motifs is 1. The predicted molar refractivity (Wildman–Crippen MR) is 115 cm³/mol. The van der Waals surface area contributed by atoms with Crippen molar-refractivity contribution in [3.63, 3.8) is 0 Å². The third kappa shape index (κ3) is 5.80. The first-order chi connectivity index (χ1) is 15.0. The Balaban J connectivity index is 1.81. The fraction of sp³-hybridized carbons (Fsp3) is 0.476. The second kappa shape index (κ2) is 10.9. The Bertz CT molecular complexity index is 991. The maximum atomic E-state index is 14.4. The van der Waals surface area contributed by atoms with Crippen molar-refractivity contribution in [2.45, 2.75) is 38.7 Å². The molecular formula is C21H29FN6O3. The minimum absolute atomic E-state index is 0.0128. The number of aromatic nitrogens is 4. The van der Waals surface area contributed by atoms with E-state index in [-0.39, 0.29) is 30.3 Å². The number of ether oxygens (including phenoxy) is 2. The van der Waals surface area contributed by atoms with Gasteiger partial charge in [0.25, 0.3) is 0 Å². The normalized spacial score (nSPS) is 12.3. The minimum atomic E-state index is -0.424. The number of anilines is 1. The van der Waals surface area contributed by atoms with E-state index in [0.717, 1.165) is 18.4 Å². The summed E-state index contributed by atoms with van der Waals surface area (Å²) < 4.78 is 27.2. The van der Waals surface area contributed by atoms with Crippen LogP contribution in [0.3, 0.4) is 0 Å². The average Bonchev–Trinajstić information content (AvgIpc) is 3.13. The third-order valence-corrected chi connectivity index (χ3v) is 4.76. The molecule has 0 saturated heterocycles. The van der Waals surface area contributed by atoms with Crippen molar-refractivity contribution in [3.05, 3.63) is 41.5 Å². The van der Waals surface area contributed by atoms with Crippen molar-refractivity contribution >= 4 is 11.5 Å². The number of likely N-dealkylation sites (N-methyl/N-ethyl adjacent to an activating group) is 1. The summed E-state index contributed by atoms with van der Waals surface area (Å²) in [6.07, 6.45) is 3.97. The van der Waals surface area contributed by atoms with E-state index in [0.29, 0.717) is 37.3 Å². The van der Waals surface area contributed by atoms with Gasteiger partial charge in [0.15, 0.2) is 23.0 Å². The van der Waals surface area contributed by atoms with Crippen molar-refractivity contribution in [3.8, 4) is 11.8 Å². The van der Waals surface area contributed by atoms with Crippen molar-refractivity contribution in [2.24, 2.45) is 0 Å². The first-order valence-electron chi connectivity index (χ1n) is 10.4. The van der Waals surface area contributed by atoms with Crippen LogP contribution in [0.25, 0.3) is 5.65 Å². The number of hydrogen-bond donors (Lipinski definition) is 3. The molecule has 1 atom stereocenters. The monoisotopic (exact) mass is 432 g/mol. The van der Waals surface area contributed by atoms with Crippen LogP contribution in [0.15, 0.2) is 24.4 Å². The Morgan fingerprint density at radius 2 is 2.16 bits per heavy atom. The molecule has 31 heavy (non-hydrogen) atoms. The van der Waals surface area contributed by atoms with Gasteiger partial charge in [0.2, 0.25) is 0 Å². The highest BCUT2D eigenvalue weighted by atomic mass is 19.1. The average molecular weight is 433 g/mol. The number of rotatable bonds is 12. The molecule has 9 nitrogen and oxygen atoms in total. The van der Waals surface area contributed by atoms with Gasteiger partial charge in [-0.1, -0.05) is 19.4 Å². The predicted octanol–water partition coefficient (Wildman–Crippen LogP) is 1.96. The van der Waals surface area contributed by atoms with Crippen LogP contribution in [0.1, 0.15) is 37.4 Å². The molecule has 0 radical (unpaired) electrons. The summed E-state index contributed by atoms with van der Waals surface area (Å²) in [6, 6.07) is 4.98. The van der Waals surface area contributed by atoms with E-state index < -0.39 is 5.82 Å². The number of nitrogens with one attached hydrogen (secondary N) is 1. The summed E-state index contributed by atoms with van der Waals surface area (Å²) in [5.41, 5.74) is 7.90.